The van der Waals surface area contributed by atoms with Crippen molar-refractivity contribution >= 4 is 27.9 Å². The second kappa shape index (κ2) is 4.38. The van der Waals surface area contributed by atoms with E-state index in [-0.39, 0.29) is 0 Å². The van der Waals surface area contributed by atoms with Crippen LogP contribution in [0.25, 0.3) is 16.3 Å². The van der Waals surface area contributed by atoms with Crippen LogP contribution in [0.15, 0.2) is 59.6 Å². The first-order valence-electron chi connectivity index (χ1n) is 5.73. The Labute approximate surface area is 106 Å². The molecule has 1 aliphatic rings. The maximum absolute atomic E-state index is 6.04. The first kappa shape index (κ1) is 10.6. The quantitative estimate of drug-likeness (QED) is 0.660. The lowest BCUT2D eigenvalue weighted by Gasteiger charge is -2.11. The third kappa shape index (κ3) is 2.13. The number of benzene rings is 2. The van der Waals surface area contributed by atoms with Gasteiger partial charge >= 0.3 is 0 Å². The van der Waals surface area contributed by atoms with Crippen molar-refractivity contribution in [2.24, 2.45) is 0 Å². The van der Waals surface area contributed by atoms with Gasteiger partial charge in [-0.2, -0.15) is 0 Å². The minimum Gasteiger partial charge on any atom is -0.0847 e. The van der Waals surface area contributed by atoms with Crippen molar-refractivity contribution in [2.75, 3.05) is 0 Å². The molecule has 1 heteroatoms. The van der Waals surface area contributed by atoms with Crippen LogP contribution < -0.4 is 0 Å². The fourth-order valence-electron chi connectivity index (χ4n) is 2.13. The molecule has 0 bridgehead atoms. The molecule has 0 unspecified atom stereocenters. The molecule has 0 saturated heterocycles. The zero-order valence-corrected chi connectivity index (χ0v) is 10.1. The molecule has 0 nitrogen and oxygen atoms in total. The van der Waals surface area contributed by atoms with Gasteiger partial charge in [-0.1, -0.05) is 54.1 Å². The van der Waals surface area contributed by atoms with E-state index in [4.69, 9.17) is 11.6 Å². The Morgan fingerprint density at radius 2 is 1.76 bits per heavy atom. The van der Waals surface area contributed by atoms with Gasteiger partial charge in [0.25, 0.3) is 0 Å². The van der Waals surface area contributed by atoms with Crippen LogP contribution in [0, 0.1) is 6.42 Å². The molecule has 0 saturated carbocycles. The fourth-order valence-corrected chi connectivity index (χ4v) is 2.34. The third-order valence-electron chi connectivity index (χ3n) is 3.03. The lowest BCUT2D eigenvalue weighted by atomic mass is 9.95. The largest absolute Gasteiger partial charge is 0.0847 e. The molecule has 0 aromatic heterocycles. The molecule has 0 aliphatic heterocycles. The van der Waals surface area contributed by atoms with Crippen LogP contribution in [-0.2, 0) is 0 Å². The Morgan fingerprint density at radius 3 is 2.59 bits per heavy atom. The Morgan fingerprint density at radius 1 is 0.941 bits per heavy atom. The Balaban J connectivity index is 2.09. The normalized spacial score (nSPS) is 15.6. The van der Waals surface area contributed by atoms with Gasteiger partial charge in [-0.3, -0.25) is 0 Å². The minimum atomic E-state index is 0.829. The summed E-state index contributed by atoms with van der Waals surface area (Å²) in [6.45, 7) is 0. The standard InChI is InChI=1S/C16H12Cl/c17-16-7-3-6-14(11-16)15-9-8-12-4-1-2-5-13(12)10-15/h1-2,4-11H,3H2. The predicted molar refractivity (Wildman–Crippen MR) is 74.8 cm³/mol. The molecule has 1 aliphatic carbocycles. The Bertz CT molecular complexity index is 620. The van der Waals surface area contributed by atoms with Crippen molar-refractivity contribution in [1.82, 2.24) is 0 Å². The lowest BCUT2D eigenvalue weighted by molar-refractivity contribution is 1.27. The average Bonchev–Trinajstić information content (AvgIpc) is 2.38. The minimum absolute atomic E-state index is 0.829. The molecular formula is C16H12Cl. The predicted octanol–water partition coefficient (Wildman–Crippen LogP) is 4.95. The van der Waals surface area contributed by atoms with Crippen LogP contribution in [-0.4, -0.2) is 0 Å². The lowest BCUT2D eigenvalue weighted by Crippen LogP contribution is -1.90. The molecule has 0 atom stereocenters. The number of halogens is 1. The zero-order valence-electron chi connectivity index (χ0n) is 9.36. The van der Waals surface area contributed by atoms with Gasteiger partial charge in [-0.05, 0) is 46.9 Å². The number of allylic oxidation sites excluding steroid dienone is 4. The van der Waals surface area contributed by atoms with E-state index in [1.54, 1.807) is 0 Å². The maximum Gasteiger partial charge on any atom is 0.0369 e. The van der Waals surface area contributed by atoms with E-state index in [1.165, 1.54) is 21.9 Å². The molecule has 0 heterocycles. The average molecular weight is 240 g/mol. The van der Waals surface area contributed by atoms with Crippen LogP contribution in [0.2, 0.25) is 0 Å². The van der Waals surface area contributed by atoms with Crippen LogP contribution in [0.1, 0.15) is 12.0 Å². The summed E-state index contributed by atoms with van der Waals surface area (Å²) >= 11 is 6.04. The summed E-state index contributed by atoms with van der Waals surface area (Å²) in [4.78, 5) is 0. The van der Waals surface area contributed by atoms with E-state index in [0.29, 0.717) is 0 Å². The number of hydrogen-bond donors (Lipinski definition) is 0. The molecule has 0 N–H and O–H groups in total. The highest BCUT2D eigenvalue weighted by molar-refractivity contribution is 6.32. The highest BCUT2D eigenvalue weighted by Gasteiger charge is 2.07. The van der Waals surface area contributed by atoms with E-state index < -0.39 is 0 Å². The van der Waals surface area contributed by atoms with E-state index in [0.717, 1.165) is 11.5 Å². The van der Waals surface area contributed by atoms with E-state index in [2.05, 4.69) is 48.9 Å². The van der Waals surface area contributed by atoms with Crippen molar-refractivity contribution in [3.63, 3.8) is 0 Å². The first-order chi connectivity index (χ1) is 8.33. The topological polar surface area (TPSA) is 0 Å². The van der Waals surface area contributed by atoms with Gasteiger partial charge in [-0.25, -0.2) is 0 Å². The van der Waals surface area contributed by atoms with Crippen molar-refractivity contribution in [3.8, 4) is 0 Å². The summed E-state index contributed by atoms with van der Waals surface area (Å²) < 4.78 is 0. The SMILES string of the molecule is ClC1=CC[CH]C(c2ccc3ccccc3c2)=C1. The number of fused-ring (bicyclic) bond motifs is 1. The summed E-state index contributed by atoms with van der Waals surface area (Å²) in [6.07, 6.45) is 7.16. The van der Waals surface area contributed by atoms with Crippen LogP contribution in [0.5, 0.6) is 0 Å². The molecule has 2 aromatic rings. The molecule has 0 amide bonds. The molecule has 83 valence electrons. The molecular weight excluding hydrogens is 228 g/mol. The van der Waals surface area contributed by atoms with E-state index in [9.17, 15) is 0 Å². The highest BCUT2D eigenvalue weighted by Crippen LogP contribution is 2.29. The van der Waals surface area contributed by atoms with Gasteiger partial charge in [0, 0.05) is 5.03 Å². The summed E-state index contributed by atoms with van der Waals surface area (Å²) in [5.74, 6) is 0. The molecule has 0 spiro atoms. The second-order valence-electron chi connectivity index (χ2n) is 4.19. The van der Waals surface area contributed by atoms with Crippen molar-refractivity contribution in [3.05, 3.63) is 71.6 Å². The summed E-state index contributed by atoms with van der Waals surface area (Å²) in [7, 11) is 0. The van der Waals surface area contributed by atoms with Crippen molar-refractivity contribution < 1.29 is 0 Å². The summed E-state index contributed by atoms with van der Waals surface area (Å²) in [5, 5.41) is 3.37. The van der Waals surface area contributed by atoms with Gasteiger partial charge in [0.15, 0.2) is 0 Å². The fraction of sp³-hybridized carbons (Fsp3) is 0.0625. The van der Waals surface area contributed by atoms with Crippen LogP contribution in [0.3, 0.4) is 0 Å². The molecule has 17 heavy (non-hydrogen) atoms. The van der Waals surface area contributed by atoms with Crippen molar-refractivity contribution in [2.45, 2.75) is 6.42 Å². The highest BCUT2D eigenvalue weighted by atomic mass is 35.5. The van der Waals surface area contributed by atoms with Crippen LogP contribution >= 0.6 is 11.6 Å². The summed E-state index contributed by atoms with van der Waals surface area (Å²) in [5.41, 5.74) is 2.44. The van der Waals surface area contributed by atoms with Gasteiger partial charge in [0.05, 0.1) is 0 Å². The summed E-state index contributed by atoms with van der Waals surface area (Å²) in [6, 6.07) is 14.9. The van der Waals surface area contributed by atoms with Gasteiger partial charge in [0.2, 0.25) is 0 Å². The monoisotopic (exact) mass is 239 g/mol. The molecule has 2 aromatic carbocycles. The third-order valence-corrected chi connectivity index (χ3v) is 3.29. The number of rotatable bonds is 1. The molecule has 0 fully saturated rings. The van der Waals surface area contributed by atoms with E-state index >= 15 is 0 Å². The molecule has 1 radical (unpaired) electrons. The van der Waals surface area contributed by atoms with Gasteiger partial charge in [0.1, 0.15) is 0 Å². The maximum atomic E-state index is 6.04. The van der Waals surface area contributed by atoms with Crippen molar-refractivity contribution in [1.29, 1.82) is 0 Å². The van der Waals surface area contributed by atoms with Crippen LogP contribution in [0.4, 0.5) is 0 Å². The van der Waals surface area contributed by atoms with E-state index in [1.807, 2.05) is 12.2 Å². The number of hydrogen-bond acceptors (Lipinski definition) is 0. The second-order valence-corrected chi connectivity index (χ2v) is 4.63. The van der Waals surface area contributed by atoms with Gasteiger partial charge in [-0.15, -0.1) is 0 Å². The zero-order chi connectivity index (χ0) is 11.7. The Kier molecular flexibility index (Phi) is 2.74. The molecule has 3 rings (SSSR count). The smallest absolute Gasteiger partial charge is 0.0369 e. The first-order valence-corrected chi connectivity index (χ1v) is 6.10. The van der Waals surface area contributed by atoms with Gasteiger partial charge < -0.3 is 0 Å². The Hall–Kier alpha value is -1.53.